The molecule has 0 aliphatic heterocycles. The summed E-state index contributed by atoms with van der Waals surface area (Å²) < 4.78 is 0. The first-order valence-electron chi connectivity index (χ1n) is 7.10. The monoisotopic (exact) mass is 333 g/mol. The van der Waals surface area contributed by atoms with Crippen LogP contribution in [0.4, 0.5) is 0 Å². The van der Waals surface area contributed by atoms with Crippen LogP contribution in [0.3, 0.4) is 0 Å². The molecule has 22 heavy (non-hydrogen) atoms. The lowest BCUT2D eigenvalue weighted by Gasteiger charge is -2.04. The molecule has 0 aliphatic rings. The Labute approximate surface area is 140 Å². The van der Waals surface area contributed by atoms with Gasteiger partial charge in [0.2, 0.25) is 5.91 Å². The quantitative estimate of drug-likeness (QED) is 0.599. The molecule has 2 nitrogen and oxygen atoms in total. The normalized spacial score (nSPS) is 10.8. The maximum atomic E-state index is 11.7. The number of nitrogens with one attached hydrogen (secondary N) is 1. The smallest absolute Gasteiger partial charge is 0.244 e. The summed E-state index contributed by atoms with van der Waals surface area (Å²) in [6.45, 7) is 0.608. The number of hydrogen-bond acceptors (Lipinski definition) is 1. The van der Waals surface area contributed by atoms with Gasteiger partial charge in [0.1, 0.15) is 0 Å². The van der Waals surface area contributed by atoms with Gasteiger partial charge in [0.05, 0.1) is 0 Å². The van der Waals surface area contributed by atoms with Crippen molar-refractivity contribution < 1.29 is 4.79 Å². The van der Waals surface area contributed by atoms with E-state index in [0.29, 0.717) is 11.6 Å². The van der Waals surface area contributed by atoms with E-state index in [1.54, 1.807) is 12.1 Å². The third kappa shape index (κ3) is 5.21. The summed E-state index contributed by atoms with van der Waals surface area (Å²) in [6, 6.07) is 15.1. The van der Waals surface area contributed by atoms with Crippen molar-refractivity contribution in [3.05, 3.63) is 75.8 Å². The van der Waals surface area contributed by atoms with Crippen molar-refractivity contribution in [3.8, 4) is 0 Å². The molecule has 2 aromatic carbocycles. The largest absolute Gasteiger partial charge is 0.353 e. The van der Waals surface area contributed by atoms with Gasteiger partial charge in [0.25, 0.3) is 0 Å². The molecule has 114 valence electrons. The van der Waals surface area contributed by atoms with Crippen molar-refractivity contribution >= 4 is 35.2 Å². The Balaban J connectivity index is 1.74. The average Bonchev–Trinajstić information content (AvgIpc) is 2.52. The molecule has 1 amide bonds. The zero-order chi connectivity index (χ0) is 15.8. The molecular formula is C18H17Cl2NO. The van der Waals surface area contributed by atoms with Crippen molar-refractivity contribution in [2.24, 2.45) is 0 Å². The number of aryl methyl sites for hydroxylation is 1. The van der Waals surface area contributed by atoms with Crippen molar-refractivity contribution in [2.75, 3.05) is 6.54 Å². The molecule has 0 aliphatic carbocycles. The van der Waals surface area contributed by atoms with E-state index >= 15 is 0 Å². The van der Waals surface area contributed by atoms with Crippen LogP contribution in [-0.4, -0.2) is 12.5 Å². The maximum absolute atomic E-state index is 11.7. The van der Waals surface area contributed by atoms with Gasteiger partial charge in [-0.3, -0.25) is 4.79 Å². The first-order valence-corrected chi connectivity index (χ1v) is 7.86. The van der Waals surface area contributed by atoms with Crippen LogP contribution in [0.15, 0.2) is 54.6 Å². The summed E-state index contributed by atoms with van der Waals surface area (Å²) in [5, 5.41) is 4.25. The highest BCUT2D eigenvalue weighted by atomic mass is 35.5. The molecule has 0 aromatic heterocycles. The molecule has 0 atom stereocenters. The topological polar surface area (TPSA) is 29.1 Å². The standard InChI is InChI=1S/C18H17Cl2NO/c19-16-9-3-1-6-14(16)8-5-13-21-18(22)12-11-15-7-2-4-10-17(15)20/h1-4,6-7,9-12H,5,8,13H2,(H,21,22)/b12-11+. The molecule has 2 aromatic rings. The summed E-state index contributed by atoms with van der Waals surface area (Å²) in [5.74, 6) is -0.126. The molecule has 0 bridgehead atoms. The number of benzene rings is 2. The van der Waals surface area contributed by atoms with Gasteiger partial charge in [-0.15, -0.1) is 0 Å². The van der Waals surface area contributed by atoms with Crippen LogP contribution in [0, 0.1) is 0 Å². The average molecular weight is 334 g/mol. The van der Waals surface area contributed by atoms with Gasteiger partial charge >= 0.3 is 0 Å². The molecular weight excluding hydrogens is 317 g/mol. The third-order valence-electron chi connectivity index (χ3n) is 3.20. The Morgan fingerprint density at radius 1 is 1.00 bits per heavy atom. The van der Waals surface area contributed by atoms with Crippen LogP contribution < -0.4 is 5.32 Å². The van der Waals surface area contributed by atoms with Gasteiger partial charge in [0, 0.05) is 22.7 Å². The van der Waals surface area contributed by atoms with Crippen molar-refractivity contribution in [2.45, 2.75) is 12.8 Å². The van der Waals surface area contributed by atoms with Gasteiger partial charge in [-0.25, -0.2) is 0 Å². The minimum absolute atomic E-state index is 0.126. The number of carbonyl (C=O) groups excluding carboxylic acids is 1. The van der Waals surface area contributed by atoms with Gasteiger partial charge in [-0.05, 0) is 42.2 Å². The fraction of sp³-hybridized carbons (Fsp3) is 0.167. The predicted molar refractivity (Wildman–Crippen MR) is 93.3 cm³/mol. The van der Waals surface area contributed by atoms with Crippen LogP contribution in [-0.2, 0) is 11.2 Å². The van der Waals surface area contributed by atoms with Crippen molar-refractivity contribution in [1.82, 2.24) is 5.32 Å². The lowest BCUT2D eigenvalue weighted by molar-refractivity contribution is -0.116. The van der Waals surface area contributed by atoms with Crippen LogP contribution in [0.1, 0.15) is 17.5 Å². The molecule has 1 N–H and O–H groups in total. The number of amides is 1. The molecule has 0 heterocycles. The second-order valence-electron chi connectivity index (χ2n) is 4.84. The predicted octanol–water partition coefficient (Wildman–Crippen LogP) is 4.76. The second kappa shape index (κ2) is 8.62. The Morgan fingerprint density at radius 3 is 2.41 bits per heavy atom. The fourth-order valence-electron chi connectivity index (χ4n) is 2.03. The minimum atomic E-state index is -0.126. The minimum Gasteiger partial charge on any atom is -0.353 e. The number of rotatable bonds is 6. The number of hydrogen-bond donors (Lipinski definition) is 1. The van der Waals surface area contributed by atoms with E-state index in [1.807, 2.05) is 42.5 Å². The van der Waals surface area contributed by atoms with E-state index in [1.165, 1.54) is 6.08 Å². The van der Waals surface area contributed by atoms with E-state index in [-0.39, 0.29) is 5.91 Å². The lowest BCUT2D eigenvalue weighted by Crippen LogP contribution is -2.22. The van der Waals surface area contributed by atoms with Crippen LogP contribution in [0.25, 0.3) is 6.08 Å². The second-order valence-corrected chi connectivity index (χ2v) is 5.66. The molecule has 2 rings (SSSR count). The zero-order valence-electron chi connectivity index (χ0n) is 12.1. The molecule has 0 unspecified atom stereocenters. The molecule has 4 heteroatoms. The van der Waals surface area contributed by atoms with Gasteiger partial charge in [-0.1, -0.05) is 59.6 Å². The lowest BCUT2D eigenvalue weighted by atomic mass is 10.1. The van der Waals surface area contributed by atoms with Crippen LogP contribution >= 0.6 is 23.2 Å². The van der Waals surface area contributed by atoms with Crippen molar-refractivity contribution in [3.63, 3.8) is 0 Å². The summed E-state index contributed by atoms with van der Waals surface area (Å²) in [5.41, 5.74) is 1.93. The highest BCUT2D eigenvalue weighted by molar-refractivity contribution is 6.32. The van der Waals surface area contributed by atoms with E-state index in [9.17, 15) is 4.79 Å². The molecule has 0 saturated heterocycles. The highest BCUT2D eigenvalue weighted by Crippen LogP contribution is 2.17. The Hall–Kier alpha value is -1.77. The first kappa shape index (κ1) is 16.6. The van der Waals surface area contributed by atoms with Crippen LogP contribution in [0.5, 0.6) is 0 Å². The van der Waals surface area contributed by atoms with Crippen molar-refractivity contribution in [1.29, 1.82) is 0 Å². The summed E-state index contributed by atoms with van der Waals surface area (Å²) >= 11 is 12.1. The highest BCUT2D eigenvalue weighted by Gasteiger charge is 2.00. The molecule has 0 radical (unpaired) electrons. The first-order chi connectivity index (χ1) is 10.7. The molecule has 0 fully saturated rings. The summed E-state index contributed by atoms with van der Waals surface area (Å²) in [4.78, 5) is 11.7. The summed E-state index contributed by atoms with van der Waals surface area (Å²) in [7, 11) is 0. The zero-order valence-corrected chi connectivity index (χ0v) is 13.6. The summed E-state index contributed by atoms with van der Waals surface area (Å²) in [6.07, 6.45) is 4.89. The SMILES string of the molecule is O=C(/C=C/c1ccccc1Cl)NCCCc1ccccc1Cl. The molecule has 0 spiro atoms. The van der Waals surface area contributed by atoms with E-state index in [4.69, 9.17) is 23.2 Å². The Kier molecular flexibility index (Phi) is 6.50. The van der Waals surface area contributed by atoms with Crippen LogP contribution in [0.2, 0.25) is 10.0 Å². The third-order valence-corrected chi connectivity index (χ3v) is 3.91. The fourth-order valence-corrected chi connectivity index (χ4v) is 2.46. The van der Waals surface area contributed by atoms with E-state index in [2.05, 4.69) is 5.32 Å². The Morgan fingerprint density at radius 2 is 1.68 bits per heavy atom. The number of halogens is 2. The molecule has 0 saturated carbocycles. The van der Waals surface area contributed by atoms with E-state index in [0.717, 1.165) is 29.0 Å². The maximum Gasteiger partial charge on any atom is 0.244 e. The van der Waals surface area contributed by atoms with Gasteiger partial charge < -0.3 is 5.32 Å². The number of carbonyl (C=O) groups is 1. The van der Waals surface area contributed by atoms with E-state index < -0.39 is 0 Å². The Bertz CT molecular complexity index is 668. The van der Waals surface area contributed by atoms with Gasteiger partial charge in [0.15, 0.2) is 0 Å². The van der Waals surface area contributed by atoms with Gasteiger partial charge in [-0.2, -0.15) is 0 Å².